The number of rotatable bonds is 5. The van der Waals surface area contributed by atoms with E-state index in [1.807, 2.05) is 52.0 Å². The highest BCUT2D eigenvalue weighted by Gasteiger charge is 2.20. The second kappa shape index (κ2) is 8.84. The second-order valence-electron chi connectivity index (χ2n) is 8.15. The van der Waals surface area contributed by atoms with Crippen LogP contribution in [0.1, 0.15) is 51.0 Å². The van der Waals surface area contributed by atoms with Crippen LogP contribution in [0.5, 0.6) is 0 Å². The van der Waals surface area contributed by atoms with E-state index < -0.39 is 17.8 Å². The van der Waals surface area contributed by atoms with Crippen LogP contribution in [0.4, 0.5) is 4.79 Å². The van der Waals surface area contributed by atoms with Crippen LogP contribution >= 0.6 is 0 Å². The number of amides is 1. The zero-order valence-corrected chi connectivity index (χ0v) is 16.7. The molecule has 1 fully saturated rings. The van der Waals surface area contributed by atoms with Crippen LogP contribution in [0.3, 0.4) is 0 Å². The number of aliphatic hydroxyl groups is 1. The third kappa shape index (κ3) is 6.59. The zero-order valence-electron chi connectivity index (χ0n) is 16.7. The SMILES string of the molecule is C[C@H](NC(=O)OC(C)(C)C)c1ccc(C(O)CN2CCN(C)CC2)cc1. The Kier molecular flexibility index (Phi) is 7.03. The lowest BCUT2D eigenvalue weighted by atomic mass is 10.0. The number of nitrogens with zero attached hydrogens (tertiary/aromatic N) is 2. The molecule has 0 saturated carbocycles. The summed E-state index contributed by atoms with van der Waals surface area (Å²) in [6.45, 7) is 12.2. The lowest BCUT2D eigenvalue weighted by Gasteiger charge is -2.33. The van der Waals surface area contributed by atoms with E-state index in [4.69, 9.17) is 4.74 Å². The summed E-state index contributed by atoms with van der Waals surface area (Å²) in [5.74, 6) is 0. The maximum atomic E-state index is 11.9. The van der Waals surface area contributed by atoms with Gasteiger partial charge in [0.1, 0.15) is 5.60 Å². The zero-order chi connectivity index (χ0) is 19.3. The Morgan fingerprint density at radius 3 is 2.23 bits per heavy atom. The van der Waals surface area contributed by atoms with E-state index in [9.17, 15) is 9.90 Å². The molecule has 1 aromatic rings. The molecule has 0 aromatic heterocycles. The fourth-order valence-corrected chi connectivity index (χ4v) is 2.95. The van der Waals surface area contributed by atoms with Gasteiger partial charge >= 0.3 is 6.09 Å². The van der Waals surface area contributed by atoms with E-state index in [-0.39, 0.29) is 6.04 Å². The quantitative estimate of drug-likeness (QED) is 0.842. The third-order valence-electron chi connectivity index (χ3n) is 4.58. The molecule has 2 rings (SSSR count). The summed E-state index contributed by atoms with van der Waals surface area (Å²) in [6.07, 6.45) is -0.925. The molecule has 0 aliphatic carbocycles. The molecule has 1 aliphatic heterocycles. The normalized spacial score (nSPS) is 19.0. The molecule has 146 valence electrons. The van der Waals surface area contributed by atoms with Gasteiger partial charge in [-0.05, 0) is 45.9 Å². The van der Waals surface area contributed by atoms with Gasteiger partial charge < -0.3 is 20.1 Å². The monoisotopic (exact) mass is 363 g/mol. The van der Waals surface area contributed by atoms with Crippen LogP contribution in [0.15, 0.2) is 24.3 Å². The molecular formula is C20H33N3O3. The first-order valence-electron chi connectivity index (χ1n) is 9.32. The van der Waals surface area contributed by atoms with E-state index >= 15 is 0 Å². The molecule has 1 saturated heterocycles. The van der Waals surface area contributed by atoms with Crippen molar-refractivity contribution in [3.8, 4) is 0 Å². The number of ether oxygens (including phenoxy) is 1. The molecule has 1 aliphatic rings. The Morgan fingerprint density at radius 2 is 1.69 bits per heavy atom. The maximum Gasteiger partial charge on any atom is 0.408 e. The molecule has 2 atom stereocenters. The Hall–Kier alpha value is -1.63. The molecule has 0 radical (unpaired) electrons. The van der Waals surface area contributed by atoms with Gasteiger partial charge in [0.2, 0.25) is 0 Å². The highest BCUT2D eigenvalue weighted by molar-refractivity contribution is 5.68. The number of benzene rings is 1. The van der Waals surface area contributed by atoms with E-state index in [1.54, 1.807) is 0 Å². The summed E-state index contributed by atoms with van der Waals surface area (Å²) in [7, 11) is 2.12. The topological polar surface area (TPSA) is 65.0 Å². The standard InChI is InChI=1S/C20H33N3O3/c1-15(21-19(25)26-20(2,3)4)16-6-8-17(9-7-16)18(24)14-23-12-10-22(5)11-13-23/h6-9,15,18,24H,10-14H2,1-5H3,(H,21,25)/t15-,18?/m0/s1. The Labute approximate surface area is 157 Å². The van der Waals surface area contributed by atoms with Crippen molar-refractivity contribution in [2.45, 2.75) is 45.4 Å². The van der Waals surface area contributed by atoms with Crippen LogP contribution in [-0.2, 0) is 4.74 Å². The van der Waals surface area contributed by atoms with Crippen LogP contribution in [0, 0.1) is 0 Å². The van der Waals surface area contributed by atoms with Crippen molar-refractivity contribution in [3.05, 3.63) is 35.4 Å². The predicted octanol–water partition coefficient (Wildman–Crippen LogP) is 2.55. The number of carbonyl (C=O) groups excluding carboxylic acids is 1. The number of piperazine rings is 1. The van der Waals surface area contributed by atoms with Crippen molar-refractivity contribution in [2.75, 3.05) is 39.8 Å². The van der Waals surface area contributed by atoms with Crippen LogP contribution in [0.2, 0.25) is 0 Å². The van der Waals surface area contributed by atoms with E-state index in [0.29, 0.717) is 6.54 Å². The minimum Gasteiger partial charge on any atom is -0.444 e. The van der Waals surface area contributed by atoms with E-state index in [0.717, 1.165) is 37.3 Å². The summed E-state index contributed by atoms with van der Waals surface area (Å²) >= 11 is 0. The number of alkyl carbamates (subject to hydrolysis) is 1. The number of hydrogen-bond donors (Lipinski definition) is 2. The smallest absolute Gasteiger partial charge is 0.408 e. The predicted molar refractivity (Wildman–Crippen MR) is 103 cm³/mol. The number of carbonyl (C=O) groups is 1. The van der Waals surface area contributed by atoms with Crippen molar-refractivity contribution >= 4 is 6.09 Å². The fourth-order valence-electron chi connectivity index (χ4n) is 2.95. The molecule has 2 N–H and O–H groups in total. The van der Waals surface area contributed by atoms with Gasteiger partial charge in [0.05, 0.1) is 12.1 Å². The summed E-state index contributed by atoms with van der Waals surface area (Å²) in [6, 6.07) is 7.61. The largest absolute Gasteiger partial charge is 0.444 e. The average molecular weight is 364 g/mol. The summed E-state index contributed by atoms with van der Waals surface area (Å²) in [5, 5.41) is 13.3. The maximum absolute atomic E-state index is 11.9. The van der Waals surface area contributed by atoms with E-state index in [2.05, 4.69) is 22.2 Å². The van der Waals surface area contributed by atoms with Gasteiger partial charge in [-0.25, -0.2) is 4.79 Å². The lowest BCUT2D eigenvalue weighted by molar-refractivity contribution is 0.0507. The van der Waals surface area contributed by atoms with Crippen molar-refractivity contribution in [2.24, 2.45) is 0 Å². The van der Waals surface area contributed by atoms with Crippen LogP contribution < -0.4 is 5.32 Å². The Morgan fingerprint density at radius 1 is 1.15 bits per heavy atom. The van der Waals surface area contributed by atoms with Crippen molar-refractivity contribution in [1.29, 1.82) is 0 Å². The molecular weight excluding hydrogens is 330 g/mol. The number of hydrogen-bond acceptors (Lipinski definition) is 5. The first-order valence-corrected chi connectivity index (χ1v) is 9.32. The summed E-state index contributed by atoms with van der Waals surface area (Å²) < 4.78 is 5.28. The van der Waals surface area contributed by atoms with Gasteiger partial charge in [0.15, 0.2) is 0 Å². The average Bonchev–Trinajstić information content (AvgIpc) is 2.55. The first-order chi connectivity index (χ1) is 12.1. The molecule has 1 unspecified atom stereocenters. The van der Waals surface area contributed by atoms with Crippen molar-refractivity contribution in [3.63, 3.8) is 0 Å². The number of β-amino-alcohol motifs (C(OH)–C–C–N with tert-alkyl or cyclic N) is 1. The van der Waals surface area contributed by atoms with Gasteiger partial charge in [-0.3, -0.25) is 4.90 Å². The van der Waals surface area contributed by atoms with Crippen molar-refractivity contribution in [1.82, 2.24) is 15.1 Å². The molecule has 0 spiro atoms. The first kappa shape index (κ1) is 20.7. The summed E-state index contributed by atoms with van der Waals surface area (Å²) in [4.78, 5) is 16.5. The molecule has 26 heavy (non-hydrogen) atoms. The van der Waals surface area contributed by atoms with Crippen LogP contribution in [0.25, 0.3) is 0 Å². The lowest BCUT2D eigenvalue weighted by Crippen LogP contribution is -2.45. The third-order valence-corrected chi connectivity index (χ3v) is 4.58. The van der Waals surface area contributed by atoms with Gasteiger partial charge in [0.25, 0.3) is 0 Å². The molecule has 6 nitrogen and oxygen atoms in total. The number of likely N-dealkylation sites (N-methyl/N-ethyl adjacent to an activating group) is 1. The second-order valence-corrected chi connectivity index (χ2v) is 8.15. The number of nitrogens with one attached hydrogen (secondary N) is 1. The molecule has 1 amide bonds. The Balaban J connectivity index is 1.87. The Bertz CT molecular complexity index is 575. The van der Waals surface area contributed by atoms with Gasteiger partial charge in [-0.1, -0.05) is 24.3 Å². The van der Waals surface area contributed by atoms with Crippen molar-refractivity contribution < 1.29 is 14.6 Å². The van der Waals surface area contributed by atoms with Gasteiger partial charge in [-0.2, -0.15) is 0 Å². The molecule has 0 bridgehead atoms. The van der Waals surface area contributed by atoms with Gasteiger partial charge in [0, 0.05) is 32.7 Å². The van der Waals surface area contributed by atoms with Crippen LogP contribution in [-0.4, -0.2) is 66.4 Å². The minimum absolute atomic E-state index is 0.159. The molecule has 6 heteroatoms. The number of aliphatic hydroxyl groups excluding tert-OH is 1. The highest BCUT2D eigenvalue weighted by Crippen LogP contribution is 2.20. The van der Waals surface area contributed by atoms with Gasteiger partial charge in [-0.15, -0.1) is 0 Å². The molecule has 1 heterocycles. The highest BCUT2D eigenvalue weighted by atomic mass is 16.6. The summed E-state index contributed by atoms with van der Waals surface area (Å²) in [5.41, 5.74) is 1.37. The minimum atomic E-state index is -0.513. The fraction of sp³-hybridized carbons (Fsp3) is 0.650. The molecule has 1 aromatic carbocycles. The van der Waals surface area contributed by atoms with E-state index in [1.165, 1.54) is 0 Å².